The molecule has 0 unspecified atom stereocenters. The summed E-state index contributed by atoms with van der Waals surface area (Å²) in [5, 5.41) is 6.74. The summed E-state index contributed by atoms with van der Waals surface area (Å²) in [7, 11) is 0. The summed E-state index contributed by atoms with van der Waals surface area (Å²) in [6, 6.07) is 8.25. The number of nitrogens with one attached hydrogen (secondary N) is 2. The van der Waals surface area contributed by atoms with Gasteiger partial charge in [-0.15, -0.1) is 0 Å². The van der Waals surface area contributed by atoms with E-state index < -0.39 is 0 Å². The first-order valence-electron chi connectivity index (χ1n) is 9.87. The number of ether oxygens (including phenoxy) is 2. The zero-order valence-electron chi connectivity index (χ0n) is 15.9. The maximum Gasteiger partial charge on any atom is 0.191 e. The Kier molecular flexibility index (Phi) is 7.58. The summed E-state index contributed by atoms with van der Waals surface area (Å²) >= 11 is 0. The molecule has 0 spiro atoms. The van der Waals surface area contributed by atoms with Gasteiger partial charge in [0.1, 0.15) is 12.4 Å². The maximum absolute atomic E-state index is 5.93. The van der Waals surface area contributed by atoms with Gasteiger partial charge in [0.15, 0.2) is 5.96 Å². The molecule has 1 aliphatic carbocycles. The Morgan fingerprint density at radius 2 is 2.12 bits per heavy atom. The molecule has 1 aromatic carbocycles. The zero-order chi connectivity index (χ0) is 18.0. The molecule has 1 aromatic rings. The molecule has 0 amide bonds. The first-order chi connectivity index (χ1) is 12.8. The van der Waals surface area contributed by atoms with Gasteiger partial charge in [0.25, 0.3) is 0 Å². The van der Waals surface area contributed by atoms with Crippen LogP contribution in [0.2, 0.25) is 0 Å². The van der Waals surface area contributed by atoms with E-state index in [9.17, 15) is 0 Å². The normalized spacial score (nSPS) is 18.6. The van der Waals surface area contributed by atoms with E-state index in [2.05, 4.69) is 34.6 Å². The second-order valence-electron chi connectivity index (χ2n) is 6.97. The lowest BCUT2D eigenvalue weighted by Crippen LogP contribution is -2.38. The summed E-state index contributed by atoms with van der Waals surface area (Å²) in [5.74, 6) is 2.65. The predicted octanol–water partition coefficient (Wildman–Crippen LogP) is 1.86. The van der Waals surface area contributed by atoms with E-state index in [0.29, 0.717) is 13.2 Å². The summed E-state index contributed by atoms with van der Waals surface area (Å²) < 4.78 is 11.3. The minimum atomic E-state index is 0.653. The van der Waals surface area contributed by atoms with Crippen LogP contribution in [0.1, 0.15) is 25.3 Å². The van der Waals surface area contributed by atoms with E-state index >= 15 is 0 Å². The molecule has 2 aliphatic rings. The zero-order valence-corrected chi connectivity index (χ0v) is 15.9. The Bertz CT molecular complexity index is 569. The highest BCUT2D eigenvalue weighted by atomic mass is 16.5. The Labute approximate surface area is 157 Å². The van der Waals surface area contributed by atoms with Gasteiger partial charge in [0.2, 0.25) is 0 Å². The molecule has 1 aliphatic heterocycles. The lowest BCUT2D eigenvalue weighted by atomic mass is 10.2. The van der Waals surface area contributed by atoms with Crippen molar-refractivity contribution in [2.45, 2.75) is 26.3 Å². The van der Waals surface area contributed by atoms with Gasteiger partial charge in [0, 0.05) is 32.7 Å². The maximum atomic E-state index is 5.93. The molecule has 0 bridgehead atoms. The topological polar surface area (TPSA) is 58.1 Å². The number of hydrogen-bond donors (Lipinski definition) is 2. The molecule has 1 saturated carbocycles. The quantitative estimate of drug-likeness (QED) is 0.520. The molecular formula is C20H32N4O2. The van der Waals surface area contributed by atoms with Gasteiger partial charge in [-0.05, 0) is 43.4 Å². The van der Waals surface area contributed by atoms with Crippen LogP contribution in [0.3, 0.4) is 0 Å². The van der Waals surface area contributed by atoms with E-state index in [1.165, 1.54) is 12.8 Å². The molecule has 2 N–H and O–H groups in total. The van der Waals surface area contributed by atoms with Crippen molar-refractivity contribution in [3.63, 3.8) is 0 Å². The Balaban J connectivity index is 1.44. The molecule has 1 saturated heterocycles. The third kappa shape index (κ3) is 6.84. The van der Waals surface area contributed by atoms with Crippen molar-refractivity contribution in [2.24, 2.45) is 10.9 Å². The molecule has 144 valence electrons. The van der Waals surface area contributed by atoms with Crippen LogP contribution in [0.25, 0.3) is 0 Å². The van der Waals surface area contributed by atoms with E-state index in [-0.39, 0.29) is 0 Å². The largest absolute Gasteiger partial charge is 0.492 e. The lowest BCUT2D eigenvalue weighted by Gasteiger charge is -2.26. The fourth-order valence-corrected chi connectivity index (χ4v) is 2.93. The highest BCUT2D eigenvalue weighted by molar-refractivity contribution is 5.79. The summed E-state index contributed by atoms with van der Waals surface area (Å²) in [6.07, 6.45) is 2.69. The van der Waals surface area contributed by atoms with Gasteiger partial charge in [-0.25, -0.2) is 4.99 Å². The number of hydrogen-bond acceptors (Lipinski definition) is 4. The third-order valence-electron chi connectivity index (χ3n) is 4.70. The number of aliphatic imine (C=N–C) groups is 1. The van der Waals surface area contributed by atoms with E-state index in [1.807, 2.05) is 12.1 Å². The van der Waals surface area contributed by atoms with Crippen LogP contribution in [-0.4, -0.2) is 63.4 Å². The first-order valence-corrected chi connectivity index (χ1v) is 9.87. The van der Waals surface area contributed by atoms with Gasteiger partial charge in [-0.2, -0.15) is 0 Å². The monoisotopic (exact) mass is 360 g/mol. The highest BCUT2D eigenvalue weighted by Crippen LogP contribution is 2.27. The van der Waals surface area contributed by atoms with Gasteiger partial charge >= 0.3 is 0 Å². The number of morpholine rings is 1. The summed E-state index contributed by atoms with van der Waals surface area (Å²) in [5.41, 5.74) is 1.16. The Morgan fingerprint density at radius 1 is 1.27 bits per heavy atom. The van der Waals surface area contributed by atoms with Crippen LogP contribution in [0.5, 0.6) is 5.75 Å². The van der Waals surface area contributed by atoms with Crippen molar-refractivity contribution in [3.8, 4) is 5.75 Å². The first kappa shape index (κ1) is 19.0. The SMILES string of the molecule is CCNC(=NCc1cccc(OCCN2CCOCC2)c1)NCC1CC1. The van der Waals surface area contributed by atoms with Gasteiger partial charge < -0.3 is 20.1 Å². The average molecular weight is 361 g/mol. The predicted molar refractivity (Wildman–Crippen MR) is 105 cm³/mol. The summed E-state index contributed by atoms with van der Waals surface area (Å²) in [6.45, 7) is 9.96. The van der Waals surface area contributed by atoms with Crippen molar-refractivity contribution in [3.05, 3.63) is 29.8 Å². The molecule has 26 heavy (non-hydrogen) atoms. The number of guanidine groups is 1. The Morgan fingerprint density at radius 3 is 2.88 bits per heavy atom. The third-order valence-corrected chi connectivity index (χ3v) is 4.70. The molecule has 6 heteroatoms. The van der Waals surface area contributed by atoms with Crippen LogP contribution >= 0.6 is 0 Å². The van der Waals surface area contributed by atoms with Gasteiger partial charge in [-0.1, -0.05) is 12.1 Å². The van der Waals surface area contributed by atoms with E-state index in [0.717, 1.165) is 69.1 Å². The molecule has 0 aromatic heterocycles. The molecule has 1 heterocycles. The molecule has 6 nitrogen and oxygen atoms in total. The van der Waals surface area contributed by atoms with Crippen molar-refractivity contribution in [1.29, 1.82) is 0 Å². The fourth-order valence-electron chi connectivity index (χ4n) is 2.93. The Hall–Kier alpha value is -1.79. The molecule has 0 atom stereocenters. The number of nitrogens with zero attached hydrogens (tertiary/aromatic N) is 2. The van der Waals surface area contributed by atoms with Crippen LogP contribution in [-0.2, 0) is 11.3 Å². The second-order valence-corrected chi connectivity index (χ2v) is 6.97. The fraction of sp³-hybridized carbons (Fsp3) is 0.650. The average Bonchev–Trinajstić information content (AvgIpc) is 3.50. The van der Waals surface area contributed by atoms with Crippen molar-refractivity contribution < 1.29 is 9.47 Å². The van der Waals surface area contributed by atoms with Crippen molar-refractivity contribution >= 4 is 5.96 Å². The van der Waals surface area contributed by atoms with Gasteiger partial charge in [0.05, 0.1) is 19.8 Å². The highest BCUT2D eigenvalue weighted by Gasteiger charge is 2.21. The number of benzene rings is 1. The number of rotatable bonds is 9. The summed E-state index contributed by atoms with van der Waals surface area (Å²) in [4.78, 5) is 7.08. The minimum Gasteiger partial charge on any atom is -0.492 e. The van der Waals surface area contributed by atoms with Crippen LogP contribution < -0.4 is 15.4 Å². The van der Waals surface area contributed by atoms with Crippen LogP contribution in [0.4, 0.5) is 0 Å². The van der Waals surface area contributed by atoms with Crippen molar-refractivity contribution in [1.82, 2.24) is 15.5 Å². The smallest absolute Gasteiger partial charge is 0.191 e. The standard InChI is InChI=1S/C20H32N4O2/c1-2-21-20(22-15-17-6-7-17)23-16-18-4-3-5-19(14-18)26-13-10-24-8-11-25-12-9-24/h3-5,14,17H,2,6-13,15-16H2,1H3,(H2,21,22,23). The lowest BCUT2D eigenvalue weighted by molar-refractivity contribution is 0.0322. The molecule has 0 radical (unpaired) electrons. The van der Waals surface area contributed by atoms with Crippen LogP contribution in [0.15, 0.2) is 29.3 Å². The second kappa shape index (κ2) is 10.4. The molecular weight excluding hydrogens is 328 g/mol. The molecule has 3 rings (SSSR count). The minimum absolute atomic E-state index is 0.653. The van der Waals surface area contributed by atoms with Crippen molar-refractivity contribution in [2.75, 3.05) is 52.5 Å². The molecule has 2 fully saturated rings. The van der Waals surface area contributed by atoms with E-state index in [1.54, 1.807) is 0 Å². The van der Waals surface area contributed by atoms with E-state index in [4.69, 9.17) is 14.5 Å². The van der Waals surface area contributed by atoms with Crippen LogP contribution in [0, 0.1) is 5.92 Å². The van der Waals surface area contributed by atoms with Gasteiger partial charge in [-0.3, -0.25) is 4.90 Å².